The van der Waals surface area contributed by atoms with Crippen molar-refractivity contribution in [2.24, 2.45) is 0 Å². The molecule has 0 spiro atoms. The number of imidazole rings is 1. The summed E-state index contributed by atoms with van der Waals surface area (Å²) in [6, 6.07) is 12.7. The van der Waals surface area contributed by atoms with Crippen LogP contribution in [0.2, 0.25) is 0 Å². The van der Waals surface area contributed by atoms with Crippen molar-refractivity contribution in [1.82, 2.24) is 14.3 Å². The average molecular weight is 422 g/mol. The van der Waals surface area contributed by atoms with E-state index in [-0.39, 0.29) is 0 Å². The SMILES string of the molecule is CCCCN(CCCC)CCCOc1ccc(-c2nc3cc(C)cc(C)n3c2C)cc1. The van der Waals surface area contributed by atoms with Crippen molar-refractivity contribution in [3.8, 4) is 17.0 Å². The summed E-state index contributed by atoms with van der Waals surface area (Å²) < 4.78 is 8.26. The highest BCUT2D eigenvalue weighted by molar-refractivity contribution is 5.67. The highest BCUT2D eigenvalue weighted by Gasteiger charge is 2.12. The molecule has 0 unspecified atom stereocenters. The molecule has 3 aromatic rings. The lowest BCUT2D eigenvalue weighted by Gasteiger charge is -2.21. The van der Waals surface area contributed by atoms with E-state index >= 15 is 0 Å². The second-order valence-corrected chi connectivity index (χ2v) is 8.69. The highest BCUT2D eigenvalue weighted by atomic mass is 16.5. The van der Waals surface area contributed by atoms with Crippen LogP contribution >= 0.6 is 0 Å². The number of ether oxygens (including phenoxy) is 1. The van der Waals surface area contributed by atoms with Gasteiger partial charge in [0, 0.05) is 23.5 Å². The van der Waals surface area contributed by atoms with Crippen LogP contribution in [0.15, 0.2) is 36.4 Å². The van der Waals surface area contributed by atoms with Gasteiger partial charge in [-0.15, -0.1) is 0 Å². The molecule has 0 aliphatic rings. The molecule has 2 heterocycles. The molecule has 0 aliphatic carbocycles. The number of fused-ring (bicyclic) bond motifs is 1. The second kappa shape index (κ2) is 11.3. The van der Waals surface area contributed by atoms with E-state index in [9.17, 15) is 0 Å². The molecule has 0 radical (unpaired) electrons. The molecule has 0 saturated carbocycles. The Balaban J connectivity index is 1.58. The van der Waals surface area contributed by atoms with Gasteiger partial charge in [0.1, 0.15) is 11.4 Å². The van der Waals surface area contributed by atoms with Crippen LogP contribution in [-0.4, -0.2) is 40.5 Å². The monoisotopic (exact) mass is 421 g/mol. The van der Waals surface area contributed by atoms with E-state index in [0.717, 1.165) is 42.2 Å². The van der Waals surface area contributed by atoms with Gasteiger partial charge in [0.2, 0.25) is 0 Å². The Morgan fingerprint density at radius 2 is 1.52 bits per heavy atom. The zero-order chi connectivity index (χ0) is 22.2. The Hall–Kier alpha value is -2.33. The lowest BCUT2D eigenvalue weighted by molar-refractivity contribution is 0.229. The summed E-state index contributed by atoms with van der Waals surface area (Å²) in [5.74, 6) is 0.936. The van der Waals surface area contributed by atoms with Gasteiger partial charge in [-0.3, -0.25) is 0 Å². The molecular weight excluding hydrogens is 382 g/mol. The first-order valence-corrected chi connectivity index (χ1v) is 11.9. The molecule has 4 heteroatoms. The Bertz CT molecular complexity index is 951. The lowest BCUT2D eigenvalue weighted by Crippen LogP contribution is -2.28. The van der Waals surface area contributed by atoms with Crippen molar-refractivity contribution in [2.45, 2.75) is 66.7 Å². The molecule has 0 bridgehead atoms. The zero-order valence-corrected chi connectivity index (χ0v) is 20.1. The number of aromatic nitrogens is 2. The quantitative estimate of drug-likeness (QED) is 0.309. The molecule has 3 rings (SSSR count). The summed E-state index contributed by atoms with van der Waals surface area (Å²) in [6.07, 6.45) is 6.16. The van der Waals surface area contributed by atoms with Gasteiger partial charge in [-0.25, -0.2) is 4.98 Å². The minimum absolute atomic E-state index is 0.764. The van der Waals surface area contributed by atoms with E-state index in [1.54, 1.807) is 0 Å². The van der Waals surface area contributed by atoms with Gasteiger partial charge in [0.25, 0.3) is 0 Å². The van der Waals surface area contributed by atoms with Gasteiger partial charge in [-0.1, -0.05) is 26.7 Å². The van der Waals surface area contributed by atoms with Crippen LogP contribution in [0.25, 0.3) is 16.9 Å². The van der Waals surface area contributed by atoms with Crippen molar-refractivity contribution in [3.05, 3.63) is 53.3 Å². The summed E-state index contributed by atoms with van der Waals surface area (Å²) in [4.78, 5) is 7.49. The molecule has 31 heavy (non-hydrogen) atoms. The lowest BCUT2D eigenvalue weighted by atomic mass is 10.1. The summed E-state index contributed by atoms with van der Waals surface area (Å²) in [7, 11) is 0. The first-order valence-electron chi connectivity index (χ1n) is 11.9. The summed E-state index contributed by atoms with van der Waals surface area (Å²) in [5.41, 5.74) is 6.84. The van der Waals surface area contributed by atoms with Crippen LogP contribution < -0.4 is 4.74 Å². The van der Waals surface area contributed by atoms with Gasteiger partial charge >= 0.3 is 0 Å². The van der Waals surface area contributed by atoms with Gasteiger partial charge in [-0.05, 0) is 95.1 Å². The van der Waals surface area contributed by atoms with Crippen LogP contribution in [0.5, 0.6) is 5.75 Å². The third kappa shape index (κ3) is 6.10. The number of aryl methyl sites for hydroxylation is 3. The Kier molecular flexibility index (Phi) is 8.53. The Morgan fingerprint density at radius 1 is 0.871 bits per heavy atom. The van der Waals surface area contributed by atoms with E-state index in [1.807, 2.05) is 0 Å². The fourth-order valence-corrected chi connectivity index (χ4v) is 4.26. The normalized spacial score (nSPS) is 11.5. The van der Waals surface area contributed by atoms with Crippen molar-refractivity contribution in [1.29, 1.82) is 0 Å². The van der Waals surface area contributed by atoms with Gasteiger partial charge in [0.05, 0.1) is 12.3 Å². The van der Waals surface area contributed by atoms with E-state index in [0.29, 0.717) is 0 Å². The molecule has 2 aromatic heterocycles. The molecular formula is C27H39N3O. The largest absolute Gasteiger partial charge is 0.494 e. The summed E-state index contributed by atoms with van der Waals surface area (Å²) in [5, 5.41) is 0. The van der Waals surface area contributed by atoms with E-state index in [4.69, 9.17) is 9.72 Å². The first-order chi connectivity index (χ1) is 15.0. The van der Waals surface area contributed by atoms with Crippen molar-refractivity contribution >= 4 is 5.65 Å². The van der Waals surface area contributed by atoms with Crippen molar-refractivity contribution in [3.63, 3.8) is 0 Å². The molecule has 0 aliphatic heterocycles. The number of unbranched alkanes of at least 4 members (excludes halogenated alkanes) is 2. The number of nitrogens with zero attached hydrogens (tertiary/aromatic N) is 3. The summed E-state index contributed by atoms with van der Waals surface area (Å²) >= 11 is 0. The first kappa shape index (κ1) is 23.3. The smallest absolute Gasteiger partial charge is 0.138 e. The van der Waals surface area contributed by atoms with Crippen molar-refractivity contribution < 1.29 is 4.74 Å². The fraction of sp³-hybridized carbons (Fsp3) is 0.519. The van der Waals surface area contributed by atoms with Crippen LogP contribution in [0.4, 0.5) is 0 Å². The molecule has 4 nitrogen and oxygen atoms in total. The van der Waals surface area contributed by atoms with Crippen molar-refractivity contribution in [2.75, 3.05) is 26.2 Å². The average Bonchev–Trinajstić information content (AvgIpc) is 3.09. The van der Waals surface area contributed by atoms with Crippen LogP contribution in [0.3, 0.4) is 0 Å². The summed E-state index contributed by atoms with van der Waals surface area (Å²) in [6.45, 7) is 15.2. The topological polar surface area (TPSA) is 29.8 Å². The zero-order valence-electron chi connectivity index (χ0n) is 20.1. The standard InChI is InChI=1S/C27H39N3O/c1-6-8-15-29(16-9-7-2)17-10-18-31-25-13-11-24(12-14-25)27-23(5)30-22(4)19-21(3)20-26(30)28-27/h11-14,19-20H,6-10,15-18H2,1-5H3. The van der Waals surface area contributed by atoms with Gasteiger partial charge < -0.3 is 14.0 Å². The second-order valence-electron chi connectivity index (χ2n) is 8.69. The minimum atomic E-state index is 0.764. The van der Waals surface area contributed by atoms with E-state index in [2.05, 4.69) is 80.3 Å². The molecule has 0 atom stereocenters. The minimum Gasteiger partial charge on any atom is -0.494 e. The van der Waals surface area contributed by atoms with Crippen LogP contribution in [0.1, 0.15) is 62.9 Å². The number of benzene rings is 1. The fourth-order valence-electron chi connectivity index (χ4n) is 4.26. The third-order valence-corrected chi connectivity index (χ3v) is 5.95. The van der Waals surface area contributed by atoms with E-state index < -0.39 is 0 Å². The number of rotatable bonds is 12. The number of pyridine rings is 1. The maximum Gasteiger partial charge on any atom is 0.138 e. The Labute approximate surface area is 188 Å². The number of hydrogen-bond acceptors (Lipinski definition) is 3. The molecule has 0 N–H and O–H groups in total. The third-order valence-electron chi connectivity index (χ3n) is 5.95. The molecule has 0 fully saturated rings. The molecule has 0 saturated heterocycles. The predicted molar refractivity (Wildman–Crippen MR) is 131 cm³/mol. The van der Waals surface area contributed by atoms with Crippen LogP contribution in [0, 0.1) is 20.8 Å². The Morgan fingerprint density at radius 3 is 2.16 bits per heavy atom. The maximum absolute atomic E-state index is 6.03. The van der Waals surface area contributed by atoms with Crippen LogP contribution in [-0.2, 0) is 0 Å². The molecule has 1 aromatic carbocycles. The van der Waals surface area contributed by atoms with Gasteiger partial charge in [0.15, 0.2) is 0 Å². The van der Waals surface area contributed by atoms with Gasteiger partial charge in [-0.2, -0.15) is 0 Å². The van der Waals surface area contributed by atoms with E-state index in [1.165, 1.54) is 55.7 Å². The maximum atomic E-state index is 6.03. The number of hydrogen-bond donors (Lipinski definition) is 0. The molecule has 168 valence electrons. The predicted octanol–water partition coefficient (Wildman–Crippen LogP) is 6.60. The highest BCUT2D eigenvalue weighted by Crippen LogP contribution is 2.27. The molecule has 0 amide bonds.